The average Bonchev–Trinajstić information content (AvgIpc) is 2.51. The highest BCUT2D eigenvalue weighted by Crippen LogP contribution is 2.37. The van der Waals surface area contributed by atoms with Crippen molar-refractivity contribution in [2.24, 2.45) is 0 Å². The Morgan fingerprint density at radius 2 is 0.931 bits per heavy atom. The van der Waals surface area contributed by atoms with Gasteiger partial charge in [0.15, 0.2) is 0 Å². The lowest BCUT2D eigenvalue weighted by molar-refractivity contribution is 0.0637. The molecule has 0 heterocycles. The molecule has 0 aromatic heterocycles. The van der Waals surface area contributed by atoms with Gasteiger partial charge in [-0.25, -0.2) is 0 Å². The van der Waals surface area contributed by atoms with Gasteiger partial charge in [-0.2, -0.15) is 0 Å². The largest absolute Gasteiger partial charge is 0.386 e. The van der Waals surface area contributed by atoms with Gasteiger partial charge in [-0.15, -0.1) is 0 Å². The second-order valence-corrected chi connectivity index (χ2v) is 10.2. The second kappa shape index (κ2) is 7.51. The molecule has 160 valence electrons. The van der Waals surface area contributed by atoms with Crippen molar-refractivity contribution in [3.05, 3.63) is 69.8 Å². The lowest BCUT2D eigenvalue weighted by Gasteiger charge is -2.32. The highest BCUT2D eigenvalue weighted by atomic mass is 16.3. The van der Waals surface area contributed by atoms with Gasteiger partial charge in [0.1, 0.15) is 0 Å². The fraction of sp³-hybridized carbons (Fsp3) is 0.520. The minimum atomic E-state index is -1.15. The molecule has 0 fully saturated rings. The Morgan fingerprint density at radius 1 is 0.552 bits per heavy atom. The molecule has 0 aliphatic heterocycles. The van der Waals surface area contributed by atoms with Gasteiger partial charge in [0.2, 0.25) is 0 Å². The van der Waals surface area contributed by atoms with E-state index in [0.29, 0.717) is 23.1 Å². The molecule has 0 unspecified atom stereocenters. The molecule has 2 aromatic carbocycles. The van der Waals surface area contributed by atoms with Crippen molar-refractivity contribution < 1.29 is 20.4 Å². The quantitative estimate of drug-likeness (QED) is 0.586. The predicted octanol–water partition coefficient (Wildman–Crippen LogP) is 4.19. The van der Waals surface area contributed by atoms with Crippen LogP contribution in [0.4, 0.5) is 0 Å². The van der Waals surface area contributed by atoms with Crippen LogP contribution in [-0.4, -0.2) is 20.4 Å². The molecular formula is C25H36O4. The van der Waals surface area contributed by atoms with Gasteiger partial charge in [-0.1, -0.05) is 24.3 Å². The third-order valence-electron chi connectivity index (χ3n) is 5.32. The minimum Gasteiger partial charge on any atom is -0.386 e. The van der Waals surface area contributed by atoms with Crippen LogP contribution in [0.3, 0.4) is 0 Å². The molecule has 2 aromatic rings. The van der Waals surface area contributed by atoms with Gasteiger partial charge >= 0.3 is 0 Å². The summed E-state index contributed by atoms with van der Waals surface area (Å²) in [7, 11) is 0. The van der Waals surface area contributed by atoms with E-state index in [0.717, 1.165) is 16.7 Å². The Bertz CT molecular complexity index is 817. The van der Waals surface area contributed by atoms with Crippen LogP contribution in [0.25, 0.3) is 0 Å². The normalized spacial score (nSPS) is 13.7. The van der Waals surface area contributed by atoms with Crippen molar-refractivity contribution in [3.8, 4) is 0 Å². The van der Waals surface area contributed by atoms with Crippen molar-refractivity contribution in [2.45, 2.75) is 84.2 Å². The molecule has 0 atom stereocenters. The van der Waals surface area contributed by atoms with Crippen molar-refractivity contribution in [3.63, 3.8) is 0 Å². The zero-order valence-corrected chi connectivity index (χ0v) is 19.0. The van der Waals surface area contributed by atoms with Crippen LogP contribution < -0.4 is 0 Å². The summed E-state index contributed by atoms with van der Waals surface area (Å²) in [5.41, 5.74) is 0.362. The van der Waals surface area contributed by atoms with Crippen LogP contribution in [0.1, 0.15) is 88.8 Å². The Balaban J connectivity index is 2.68. The lowest BCUT2D eigenvalue weighted by atomic mass is 9.78. The first-order chi connectivity index (χ1) is 12.9. The van der Waals surface area contributed by atoms with E-state index in [1.54, 1.807) is 55.4 Å². The van der Waals surface area contributed by atoms with Crippen molar-refractivity contribution in [2.75, 3.05) is 0 Å². The maximum Gasteiger partial charge on any atom is 0.0843 e. The fourth-order valence-electron chi connectivity index (χ4n) is 3.54. The first kappa shape index (κ1) is 23.6. The van der Waals surface area contributed by atoms with Gasteiger partial charge in [0, 0.05) is 0 Å². The highest BCUT2D eigenvalue weighted by molar-refractivity contribution is 5.48. The molecule has 4 N–H and O–H groups in total. The minimum absolute atomic E-state index is 0.511. The predicted molar refractivity (Wildman–Crippen MR) is 117 cm³/mol. The summed E-state index contributed by atoms with van der Waals surface area (Å²) in [6, 6.07) is 11.4. The van der Waals surface area contributed by atoms with Crippen LogP contribution in [0.5, 0.6) is 0 Å². The molecule has 4 nitrogen and oxygen atoms in total. The molecule has 0 saturated heterocycles. The topological polar surface area (TPSA) is 80.9 Å². The molecule has 0 spiro atoms. The second-order valence-electron chi connectivity index (χ2n) is 10.2. The first-order valence-corrected chi connectivity index (χ1v) is 10.1. The van der Waals surface area contributed by atoms with E-state index in [4.69, 9.17) is 0 Å². The molecule has 0 saturated carbocycles. The Labute approximate surface area is 174 Å². The van der Waals surface area contributed by atoms with Gasteiger partial charge in [0.05, 0.1) is 22.4 Å². The third kappa shape index (κ3) is 5.67. The molecule has 0 aliphatic carbocycles. The van der Waals surface area contributed by atoms with Gasteiger partial charge in [-0.05, 0) is 107 Å². The van der Waals surface area contributed by atoms with Gasteiger partial charge in [0.25, 0.3) is 0 Å². The third-order valence-corrected chi connectivity index (χ3v) is 5.32. The first-order valence-electron chi connectivity index (χ1n) is 10.1. The maximum atomic E-state index is 10.9. The molecular weight excluding hydrogens is 364 g/mol. The van der Waals surface area contributed by atoms with E-state index in [2.05, 4.69) is 0 Å². The number of aliphatic hydroxyl groups is 4. The summed E-state index contributed by atoms with van der Waals surface area (Å²) in [5, 5.41) is 42.5. The molecule has 0 radical (unpaired) electrons. The summed E-state index contributed by atoms with van der Waals surface area (Å²) in [4.78, 5) is 0. The summed E-state index contributed by atoms with van der Waals surface area (Å²) >= 11 is 0. The summed E-state index contributed by atoms with van der Waals surface area (Å²) in [6.07, 6.45) is 0.511. The Kier molecular flexibility index (Phi) is 6.10. The highest BCUT2D eigenvalue weighted by Gasteiger charge is 2.31. The van der Waals surface area contributed by atoms with Gasteiger partial charge < -0.3 is 20.4 Å². The molecule has 0 aliphatic rings. The summed E-state index contributed by atoms with van der Waals surface area (Å²) in [5.74, 6) is 0. The van der Waals surface area contributed by atoms with E-state index < -0.39 is 22.4 Å². The maximum absolute atomic E-state index is 10.9. The number of hydrogen-bond donors (Lipinski definition) is 4. The van der Waals surface area contributed by atoms with E-state index in [-0.39, 0.29) is 0 Å². The smallest absolute Gasteiger partial charge is 0.0843 e. The molecule has 29 heavy (non-hydrogen) atoms. The number of hydrogen-bond acceptors (Lipinski definition) is 4. The zero-order valence-electron chi connectivity index (χ0n) is 19.0. The summed E-state index contributed by atoms with van der Waals surface area (Å²) < 4.78 is 0. The Hall–Kier alpha value is -1.72. The van der Waals surface area contributed by atoms with Gasteiger partial charge in [-0.3, -0.25) is 0 Å². The molecule has 2 rings (SSSR count). The standard InChI is InChI=1S/C25H36O4/c1-22(2,26)17-11-9-16(10-12-17)13-19-20(24(5,6)28)14-18(23(3,4)27)15-21(19)25(7,8)29/h9-12,14-15,26-29H,13H2,1-8H3. The van der Waals surface area contributed by atoms with Crippen molar-refractivity contribution in [1.82, 2.24) is 0 Å². The van der Waals surface area contributed by atoms with E-state index >= 15 is 0 Å². The van der Waals surface area contributed by atoms with Crippen molar-refractivity contribution >= 4 is 0 Å². The monoisotopic (exact) mass is 400 g/mol. The fourth-order valence-corrected chi connectivity index (χ4v) is 3.54. The molecule has 0 bridgehead atoms. The van der Waals surface area contributed by atoms with Crippen LogP contribution in [0.15, 0.2) is 36.4 Å². The zero-order chi connectivity index (χ0) is 22.4. The lowest BCUT2D eigenvalue weighted by Crippen LogP contribution is -2.27. The van der Waals surface area contributed by atoms with Crippen LogP contribution in [0, 0.1) is 0 Å². The molecule has 4 heteroatoms. The van der Waals surface area contributed by atoms with E-state index in [1.165, 1.54) is 0 Å². The van der Waals surface area contributed by atoms with E-state index in [1.807, 2.05) is 36.4 Å². The van der Waals surface area contributed by atoms with Crippen molar-refractivity contribution in [1.29, 1.82) is 0 Å². The van der Waals surface area contributed by atoms with E-state index in [9.17, 15) is 20.4 Å². The number of rotatable bonds is 6. The van der Waals surface area contributed by atoms with Crippen LogP contribution >= 0.6 is 0 Å². The molecule has 0 amide bonds. The number of benzene rings is 2. The summed E-state index contributed by atoms with van der Waals surface area (Å²) in [6.45, 7) is 13.7. The van der Waals surface area contributed by atoms with Crippen LogP contribution in [0.2, 0.25) is 0 Å². The SMILES string of the molecule is CC(C)(O)c1ccc(Cc2c(C(C)(C)O)cc(C(C)(C)O)cc2C(C)(C)O)cc1. The van der Waals surface area contributed by atoms with Crippen LogP contribution in [-0.2, 0) is 28.8 Å². The average molecular weight is 401 g/mol. The Morgan fingerprint density at radius 3 is 1.24 bits per heavy atom.